The van der Waals surface area contributed by atoms with Gasteiger partial charge >= 0.3 is 6.18 Å². The van der Waals surface area contributed by atoms with Crippen LogP contribution in [0.25, 0.3) is 0 Å². The molecule has 7 heteroatoms. The SMILES string of the molecule is CS(=O)(=O)CCc1cc(C(F)(F)F)ccc1Br. The second-order valence-electron chi connectivity index (χ2n) is 3.68. The second-order valence-corrected chi connectivity index (χ2v) is 6.80. The van der Waals surface area contributed by atoms with Crippen molar-refractivity contribution in [3.8, 4) is 0 Å². The molecule has 0 fully saturated rings. The first kappa shape index (κ1) is 14.5. The standard InChI is InChI=1S/C10H10BrF3O2S/c1-17(15,16)5-4-7-6-8(10(12,13)14)2-3-9(7)11/h2-3,6H,4-5H2,1H3. The summed E-state index contributed by atoms with van der Waals surface area (Å²) < 4.78 is 59.7. The summed E-state index contributed by atoms with van der Waals surface area (Å²) in [5.41, 5.74) is -0.436. The highest BCUT2D eigenvalue weighted by molar-refractivity contribution is 9.10. The first-order chi connectivity index (χ1) is 7.59. The zero-order valence-corrected chi connectivity index (χ0v) is 11.3. The van der Waals surface area contributed by atoms with Crippen molar-refractivity contribution in [1.29, 1.82) is 0 Å². The van der Waals surface area contributed by atoms with Crippen LogP contribution in [-0.2, 0) is 22.4 Å². The van der Waals surface area contributed by atoms with Gasteiger partial charge < -0.3 is 0 Å². The molecule has 0 saturated carbocycles. The Balaban J connectivity index is 3.00. The fourth-order valence-corrected chi connectivity index (χ4v) is 2.27. The minimum atomic E-state index is -4.42. The maximum absolute atomic E-state index is 12.4. The maximum Gasteiger partial charge on any atom is 0.416 e. The van der Waals surface area contributed by atoms with Gasteiger partial charge in [-0.3, -0.25) is 0 Å². The van der Waals surface area contributed by atoms with Crippen molar-refractivity contribution in [2.75, 3.05) is 12.0 Å². The van der Waals surface area contributed by atoms with E-state index >= 15 is 0 Å². The molecule has 0 aliphatic heterocycles. The fraction of sp³-hybridized carbons (Fsp3) is 0.400. The first-order valence-corrected chi connectivity index (χ1v) is 7.48. The van der Waals surface area contributed by atoms with Crippen molar-refractivity contribution in [2.45, 2.75) is 12.6 Å². The molecule has 0 aliphatic rings. The molecular weight excluding hydrogens is 321 g/mol. The van der Waals surface area contributed by atoms with Gasteiger partial charge in [0.15, 0.2) is 0 Å². The number of aryl methyl sites for hydroxylation is 1. The molecule has 0 unspecified atom stereocenters. The first-order valence-electron chi connectivity index (χ1n) is 4.63. The van der Waals surface area contributed by atoms with Crippen molar-refractivity contribution in [3.63, 3.8) is 0 Å². The van der Waals surface area contributed by atoms with Crippen LogP contribution in [0.4, 0.5) is 13.2 Å². The largest absolute Gasteiger partial charge is 0.416 e. The van der Waals surface area contributed by atoms with Crippen LogP contribution in [0.3, 0.4) is 0 Å². The van der Waals surface area contributed by atoms with E-state index in [1.54, 1.807) is 0 Å². The molecule has 0 aromatic heterocycles. The van der Waals surface area contributed by atoms with Gasteiger partial charge in [0.05, 0.1) is 11.3 Å². The summed E-state index contributed by atoms with van der Waals surface area (Å²) in [6.07, 6.45) is -3.31. The Hall–Kier alpha value is -0.560. The molecule has 0 spiro atoms. The summed E-state index contributed by atoms with van der Waals surface area (Å²) >= 11 is 3.10. The topological polar surface area (TPSA) is 34.1 Å². The molecule has 96 valence electrons. The molecule has 1 aromatic rings. The third-order valence-corrected chi connectivity index (χ3v) is 3.83. The van der Waals surface area contributed by atoms with E-state index < -0.39 is 21.6 Å². The van der Waals surface area contributed by atoms with Crippen LogP contribution >= 0.6 is 15.9 Å². The molecule has 2 nitrogen and oxygen atoms in total. The average Bonchev–Trinajstić information content (AvgIpc) is 2.13. The van der Waals surface area contributed by atoms with E-state index in [9.17, 15) is 21.6 Å². The molecule has 0 heterocycles. The van der Waals surface area contributed by atoms with Gasteiger partial charge in [-0.1, -0.05) is 15.9 Å². The van der Waals surface area contributed by atoms with Crippen LogP contribution in [0.2, 0.25) is 0 Å². The predicted molar refractivity (Wildman–Crippen MR) is 62.6 cm³/mol. The molecule has 0 aliphatic carbocycles. The Bertz CT molecular complexity index is 509. The van der Waals surface area contributed by atoms with Gasteiger partial charge in [-0.05, 0) is 30.2 Å². The van der Waals surface area contributed by atoms with E-state index in [-0.39, 0.29) is 12.2 Å². The summed E-state index contributed by atoms with van der Waals surface area (Å²) in [5.74, 6) is -0.174. The monoisotopic (exact) mass is 330 g/mol. The zero-order chi connectivity index (χ0) is 13.3. The Labute approximate surface area is 106 Å². The number of alkyl halides is 3. The summed E-state index contributed by atoms with van der Waals surface area (Å²) in [6.45, 7) is 0. The molecular formula is C10H10BrF3O2S. The second kappa shape index (κ2) is 4.97. The van der Waals surface area contributed by atoms with E-state index in [1.807, 2.05) is 0 Å². The lowest BCUT2D eigenvalue weighted by Crippen LogP contribution is -2.09. The third-order valence-electron chi connectivity index (χ3n) is 2.12. The van der Waals surface area contributed by atoms with Gasteiger partial charge in [0.2, 0.25) is 0 Å². The van der Waals surface area contributed by atoms with Crippen LogP contribution in [0.15, 0.2) is 22.7 Å². The van der Waals surface area contributed by atoms with Gasteiger partial charge in [-0.15, -0.1) is 0 Å². The van der Waals surface area contributed by atoms with Gasteiger partial charge in [-0.25, -0.2) is 8.42 Å². The minimum Gasteiger partial charge on any atom is -0.229 e. The highest BCUT2D eigenvalue weighted by Gasteiger charge is 2.30. The summed E-state index contributed by atoms with van der Waals surface area (Å²) in [5, 5.41) is 0. The lowest BCUT2D eigenvalue weighted by Gasteiger charge is -2.10. The molecule has 0 bridgehead atoms. The lowest BCUT2D eigenvalue weighted by atomic mass is 10.1. The van der Waals surface area contributed by atoms with Crippen molar-refractivity contribution in [2.24, 2.45) is 0 Å². The van der Waals surface area contributed by atoms with Crippen molar-refractivity contribution < 1.29 is 21.6 Å². The molecule has 0 N–H and O–H groups in total. The number of rotatable bonds is 3. The third kappa shape index (κ3) is 4.67. The average molecular weight is 331 g/mol. The molecule has 0 atom stereocenters. The molecule has 0 saturated heterocycles. The Morgan fingerprint density at radius 3 is 2.35 bits per heavy atom. The molecule has 17 heavy (non-hydrogen) atoms. The van der Waals surface area contributed by atoms with Crippen molar-refractivity contribution >= 4 is 25.8 Å². The quantitative estimate of drug-likeness (QED) is 0.853. The zero-order valence-electron chi connectivity index (χ0n) is 8.88. The van der Waals surface area contributed by atoms with Crippen LogP contribution in [-0.4, -0.2) is 20.4 Å². The van der Waals surface area contributed by atoms with Crippen LogP contribution in [0, 0.1) is 0 Å². The number of benzene rings is 1. The van der Waals surface area contributed by atoms with E-state index in [1.165, 1.54) is 6.07 Å². The Morgan fingerprint density at radius 2 is 1.88 bits per heavy atom. The smallest absolute Gasteiger partial charge is 0.229 e. The predicted octanol–water partition coefficient (Wildman–Crippen LogP) is 3.06. The Morgan fingerprint density at radius 1 is 1.29 bits per heavy atom. The summed E-state index contributed by atoms with van der Waals surface area (Å²) in [4.78, 5) is 0. The van der Waals surface area contributed by atoms with Gasteiger partial charge in [0.25, 0.3) is 0 Å². The maximum atomic E-state index is 12.4. The molecule has 0 radical (unpaired) electrons. The lowest BCUT2D eigenvalue weighted by molar-refractivity contribution is -0.137. The fourth-order valence-electron chi connectivity index (χ4n) is 1.24. The van der Waals surface area contributed by atoms with E-state index in [0.717, 1.165) is 18.4 Å². The number of hydrogen-bond acceptors (Lipinski definition) is 2. The molecule has 0 amide bonds. The summed E-state index contributed by atoms with van der Waals surface area (Å²) in [6, 6.07) is 3.20. The molecule has 1 aromatic carbocycles. The van der Waals surface area contributed by atoms with Crippen LogP contribution < -0.4 is 0 Å². The van der Waals surface area contributed by atoms with Gasteiger partial charge in [0.1, 0.15) is 9.84 Å². The summed E-state index contributed by atoms with van der Waals surface area (Å²) in [7, 11) is -3.19. The number of hydrogen-bond donors (Lipinski definition) is 0. The highest BCUT2D eigenvalue weighted by Crippen LogP contribution is 2.32. The normalized spacial score (nSPS) is 12.8. The molecule has 1 rings (SSSR count). The van der Waals surface area contributed by atoms with Crippen molar-refractivity contribution in [1.82, 2.24) is 0 Å². The number of halogens is 4. The number of sulfone groups is 1. The van der Waals surface area contributed by atoms with Crippen molar-refractivity contribution in [3.05, 3.63) is 33.8 Å². The van der Waals surface area contributed by atoms with Gasteiger partial charge in [0, 0.05) is 10.7 Å². The van der Waals surface area contributed by atoms with Gasteiger partial charge in [-0.2, -0.15) is 13.2 Å². The Kier molecular flexibility index (Phi) is 4.24. The van der Waals surface area contributed by atoms with Crippen LogP contribution in [0.5, 0.6) is 0 Å². The van der Waals surface area contributed by atoms with E-state index in [0.29, 0.717) is 10.0 Å². The van der Waals surface area contributed by atoms with E-state index in [4.69, 9.17) is 0 Å². The minimum absolute atomic E-state index is 0.0589. The van der Waals surface area contributed by atoms with Crippen LogP contribution in [0.1, 0.15) is 11.1 Å². The van der Waals surface area contributed by atoms with E-state index in [2.05, 4.69) is 15.9 Å². The highest BCUT2D eigenvalue weighted by atomic mass is 79.9.